The third-order valence-corrected chi connectivity index (χ3v) is 6.26. The molecule has 1 atom stereocenters. The molecule has 6 nitrogen and oxygen atoms in total. The number of dihydropyridines is 1. The van der Waals surface area contributed by atoms with Gasteiger partial charge in [0.2, 0.25) is 0 Å². The number of carbonyl (C=O) groups is 1. The smallest absolute Gasteiger partial charge is 0.267 e. The molecule has 0 saturated carbocycles. The van der Waals surface area contributed by atoms with Crippen LogP contribution in [-0.4, -0.2) is 38.6 Å². The third kappa shape index (κ3) is 5.84. The van der Waals surface area contributed by atoms with Crippen molar-refractivity contribution in [1.29, 1.82) is 0 Å². The van der Waals surface area contributed by atoms with E-state index in [4.69, 9.17) is 5.73 Å². The molecular weight excluding hydrogens is 434 g/mol. The zero-order valence-electron chi connectivity index (χ0n) is 20.3. The lowest BCUT2D eigenvalue weighted by molar-refractivity contribution is -0.117. The van der Waals surface area contributed by atoms with Gasteiger partial charge in [-0.25, -0.2) is 0 Å². The quantitative estimate of drug-likeness (QED) is 0.454. The Bertz CT molecular complexity index is 1210. The monoisotopic (exact) mass is 467 g/mol. The molecule has 0 saturated heterocycles. The predicted octanol–water partition coefficient (Wildman–Crippen LogP) is 3.51. The van der Waals surface area contributed by atoms with Gasteiger partial charge < -0.3 is 26.6 Å². The minimum absolute atomic E-state index is 0.0425. The fraction of sp³-hybridized carbons (Fsp3) is 0.207. The Labute approximate surface area is 207 Å². The standard InChI is InChI=1S/C29H33N5O/c1-21-18-24(22-8-4-3-5-9-22)13-15-28(21)34(20-25(19-30)31-2)17-16-32-29(35)27-14-12-23-10-6-7-11-26(23)33-27/h3-15,18-19,26,31,33H,16-17,20,30H2,1-2H3,(H,32,35)/b25-19-. The molecule has 0 fully saturated rings. The lowest BCUT2D eigenvalue weighted by Crippen LogP contribution is -2.42. The van der Waals surface area contributed by atoms with Gasteiger partial charge in [0, 0.05) is 37.7 Å². The zero-order valence-corrected chi connectivity index (χ0v) is 20.3. The summed E-state index contributed by atoms with van der Waals surface area (Å²) in [7, 11) is 1.86. The number of likely N-dealkylation sites (N-methyl/N-ethyl adjacent to an activating group) is 1. The van der Waals surface area contributed by atoms with Crippen LogP contribution in [-0.2, 0) is 4.79 Å². The van der Waals surface area contributed by atoms with Gasteiger partial charge in [0.15, 0.2) is 0 Å². The minimum atomic E-state index is -0.109. The number of nitrogens with one attached hydrogen (secondary N) is 3. The highest BCUT2D eigenvalue weighted by Crippen LogP contribution is 2.27. The molecule has 5 N–H and O–H groups in total. The van der Waals surface area contributed by atoms with Crippen LogP contribution in [0.25, 0.3) is 11.1 Å². The van der Waals surface area contributed by atoms with E-state index in [1.165, 1.54) is 11.1 Å². The molecule has 35 heavy (non-hydrogen) atoms. The maximum Gasteiger partial charge on any atom is 0.267 e. The maximum absolute atomic E-state index is 12.8. The third-order valence-electron chi connectivity index (χ3n) is 6.26. The van der Waals surface area contributed by atoms with Crippen molar-refractivity contribution in [3.63, 3.8) is 0 Å². The van der Waals surface area contributed by atoms with Gasteiger partial charge in [0.1, 0.15) is 5.70 Å². The van der Waals surface area contributed by atoms with Crippen molar-refractivity contribution in [2.24, 2.45) is 5.73 Å². The fourth-order valence-electron chi connectivity index (χ4n) is 4.31. The summed E-state index contributed by atoms with van der Waals surface area (Å²) in [5, 5.41) is 9.52. The van der Waals surface area contributed by atoms with E-state index >= 15 is 0 Å². The maximum atomic E-state index is 12.8. The van der Waals surface area contributed by atoms with E-state index in [1.54, 1.807) is 6.20 Å². The van der Waals surface area contributed by atoms with E-state index in [1.807, 2.05) is 55.6 Å². The van der Waals surface area contributed by atoms with Crippen LogP contribution in [0.3, 0.4) is 0 Å². The first-order valence-electron chi connectivity index (χ1n) is 11.9. The number of hydrogen-bond donors (Lipinski definition) is 4. The Morgan fingerprint density at radius 1 is 1.11 bits per heavy atom. The Morgan fingerprint density at radius 3 is 2.69 bits per heavy atom. The molecule has 1 aliphatic heterocycles. The predicted molar refractivity (Wildman–Crippen MR) is 145 cm³/mol. The van der Waals surface area contributed by atoms with E-state index in [2.05, 4.69) is 64.2 Å². The van der Waals surface area contributed by atoms with Crippen LogP contribution < -0.4 is 26.6 Å². The summed E-state index contributed by atoms with van der Waals surface area (Å²) in [4.78, 5) is 15.0. The lowest BCUT2D eigenvalue weighted by atomic mass is 9.98. The van der Waals surface area contributed by atoms with Crippen molar-refractivity contribution < 1.29 is 4.79 Å². The van der Waals surface area contributed by atoms with Crippen LogP contribution in [0.4, 0.5) is 5.69 Å². The van der Waals surface area contributed by atoms with Gasteiger partial charge >= 0.3 is 0 Å². The van der Waals surface area contributed by atoms with Crippen molar-refractivity contribution in [1.82, 2.24) is 16.0 Å². The average molecular weight is 468 g/mol. The van der Waals surface area contributed by atoms with Gasteiger partial charge in [-0.2, -0.15) is 0 Å². The highest BCUT2D eigenvalue weighted by molar-refractivity contribution is 5.93. The molecular formula is C29H33N5O. The molecule has 1 amide bonds. The molecule has 0 radical (unpaired) electrons. The van der Waals surface area contributed by atoms with Crippen molar-refractivity contribution in [3.05, 3.63) is 114 Å². The molecule has 6 heteroatoms. The van der Waals surface area contributed by atoms with E-state index in [9.17, 15) is 4.79 Å². The number of rotatable bonds is 9. The molecule has 1 unspecified atom stereocenters. The van der Waals surface area contributed by atoms with Crippen LogP contribution >= 0.6 is 0 Å². The zero-order chi connectivity index (χ0) is 24.6. The number of nitrogens with zero attached hydrogens (tertiary/aromatic N) is 1. The normalized spacial score (nSPS) is 16.5. The number of benzene rings is 2. The summed E-state index contributed by atoms with van der Waals surface area (Å²) >= 11 is 0. The van der Waals surface area contributed by atoms with Crippen LogP contribution in [0.1, 0.15) is 5.56 Å². The lowest BCUT2D eigenvalue weighted by Gasteiger charge is -2.28. The van der Waals surface area contributed by atoms with Crippen molar-refractivity contribution in [2.75, 3.05) is 31.6 Å². The highest BCUT2D eigenvalue weighted by Gasteiger charge is 2.20. The average Bonchev–Trinajstić information content (AvgIpc) is 2.91. The number of nitrogens with two attached hydrogens (primary N) is 1. The van der Waals surface area contributed by atoms with Crippen molar-refractivity contribution in [3.8, 4) is 11.1 Å². The van der Waals surface area contributed by atoms with Crippen molar-refractivity contribution in [2.45, 2.75) is 13.0 Å². The second kappa shape index (κ2) is 11.3. The first-order valence-corrected chi connectivity index (χ1v) is 11.9. The summed E-state index contributed by atoms with van der Waals surface area (Å²) in [5.74, 6) is -0.109. The molecule has 2 aromatic rings. The van der Waals surface area contributed by atoms with Crippen LogP contribution in [0.15, 0.2) is 108 Å². The molecule has 180 valence electrons. The summed E-state index contributed by atoms with van der Waals surface area (Å²) in [6.07, 6.45) is 13.5. The highest BCUT2D eigenvalue weighted by atomic mass is 16.2. The van der Waals surface area contributed by atoms with Gasteiger partial charge in [0.25, 0.3) is 5.91 Å². The fourth-order valence-corrected chi connectivity index (χ4v) is 4.31. The van der Waals surface area contributed by atoms with E-state index in [0.29, 0.717) is 25.3 Å². The van der Waals surface area contributed by atoms with Gasteiger partial charge in [0.05, 0.1) is 12.6 Å². The Balaban J connectivity index is 1.45. The Kier molecular flexibility index (Phi) is 7.73. The number of amides is 1. The first-order chi connectivity index (χ1) is 17.1. The summed E-state index contributed by atoms with van der Waals surface area (Å²) in [6, 6.07) is 16.9. The van der Waals surface area contributed by atoms with E-state index in [-0.39, 0.29) is 11.9 Å². The molecule has 4 rings (SSSR count). The molecule has 2 aliphatic rings. The second-order valence-corrected chi connectivity index (χ2v) is 8.60. The molecule has 0 spiro atoms. The summed E-state index contributed by atoms with van der Waals surface area (Å²) in [5.41, 5.74) is 13.1. The number of aryl methyl sites for hydroxylation is 1. The number of hydrogen-bond acceptors (Lipinski definition) is 5. The number of allylic oxidation sites excluding steroid dienone is 4. The van der Waals surface area contributed by atoms with Crippen LogP contribution in [0, 0.1) is 6.92 Å². The molecule has 1 aliphatic carbocycles. The number of carbonyl (C=O) groups excluding carboxylic acids is 1. The molecule has 2 aromatic carbocycles. The molecule has 1 heterocycles. The summed E-state index contributed by atoms with van der Waals surface area (Å²) < 4.78 is 0. The topological polar surface area (TPSA) is 82.4 Å². The second-order valence-electron chi connectivity index (χ2n) is 8.60. The van der Waals surface area contributed by atoms with Gasteiger partial charge in [-0.15, -0.1) is 0 Å². The van der Waals surface area contributed by atoms with Crippen molar-refractivity contribution >= 4 is 11.6 Å². The van der Waals surface area contributed by atoms with Gasteiger partial charge in [-0.05, 0) is 47.4 Å². The van der Waals surface area contributed by atoms with Gasteiger partial charge in [-0.3, -0.25) is 4.79 Å². The molecule has 0 bridgehead atoms. The minimum Gasteiger partial charge on any atom is -0.403 e. The van der Waals surface area contributed by atoms with E-state index < -0.39 is 0 Å². The van der Waals surface area contributed by atoms with Crippen LogP contribution in [0.2, 0.25) is 0 Å². The summed E-state index contributed by atoms with van der Waals surface area (Å²) in [6.45, 7) is 3.86. The largest absolute Gasteiger partial charge is 0.403 e. The van der Waals surface area contributed by atoms with Gasteiger partial charge in [-0.1, -0.05) is 66.8 Å². The van der Waals surface area contributed by atoms with Crippen LogP contribution in [0.5, 0.6) is 0 Å². The first kappa shape index (κ1) is 24.0. The number of anilines is 1. The van der Waals surface area contributed by atoms with E-state index in [0.717, 1.165) is 22.5 Å². The Hall–Kier alpha value is -4.19. The molecule has 0 aromatic heterocycles. The SMILES string of the molecule is CN/C(=C\N)CN(CCNC(=O)C1=CC=C2C=CC=CC2N1)c1ccc(-c2ccccc2)cc1C. The Morgan fingerprint density at radius 2 is 1.94 bits per heavy atom. The number of fused-ring (bicyclic) bond motifs is 1.